The second-order valence-corrected chi connectivity index (χ2v) is 17.7. The Morgan fingerprint density at radius 1 is 0.191 bits per heavy atom. The van der Waals surface area contributed by atoms with Crippen LogP contribution in [-0.4, -0.2) is 9.13 Å². The fourth-order valence-corrected chi connectivity index (χ4v) is 10.4. The van der Waals surface area contributed by atoms with Crippen LogP contribution in [0.5, 0.6) is 0 Å². The van der Waals surface area contributed by atoms with Crippen molar-refractivity contribution in [3.8, 4) is 78.1 Å². The SMILES string of the molecule is c1ccc(-c2cccc(-c3cccc(-c4ccc(-c5ccc(-n6c7ccccc7c7cccc(-c8ccc9c(c8)c8ccccc8n9-c8cccc(-c9ccccc9)c8)c76)cc5)cc4)c3)c2)cc1. The highest BCUT2D eigenvalue weighted by molar-refractivity contribution is 6.15. The van der Waals surface area contributed by atoms with Gasteiger partial charge in [0, 0.05) is 38.5 Å². The van der Waals surface area contributed by atoms with Gasteiger partial charge in [0.15, 0.2) is 0 Å². The maximum Gasteiger partial charge on any atom is 0.0619 e. The van der Waals surface area contributed by atoms with Crippen LogP contribution in [0.4, 0.5) is 0 Å². The van der Waals surface area contributed by atoms with Crippen LogP contribution in [0.15, 0.2) is 267 Å². The summed E-state index contributed by atoms with van der Waals surface area (Å²) in [6.07, 6.45) is 0. The predicted octanol–water partition coefficient (Wildman–Crippen LogP) is 17.9. The molecule has 0 aliphatic heterocycles. The van der Waals surface area contributed by atoms with E-state index in [4.69, 9.17) is 0 Å². The summed E-state index contributed by atoms with van der Waals surface area (Å²) in [6.45, 7) is 0. The third kappa shape index (κ3) is 6.82. The van der Waals surface area contributed by atoms with Gasteiger partial charge in [-0.2, -0.15) is 0 Å². The third-order valence-corrected chi connectivity index (χ3v) is 13.7. The monoisotopic (exact) mass is 864 g/mol. The van der Waals surface area contributed by atoms with Crippen LogP contribution in [0.2, 0.25) is 0 Å². The Bertz CT molecular complexity index is 3990. The van der Waals surface area contributed by atoms with Crippen molar-refractivity contribution in [2.24, 2.45) is 0 Å². The number of hydrogen-bond donors (Lipinski definition) is 0. The zero-order valence-corrected chi connectivity index (χ0v) is 37.3. The molecule has 68 heavy (non-hydrogen) atoms. The molecule has 0 atom stereocenters. The van der Waals surface area contributed by atoms with Crippen LogP contribution >= 0.6 is 0 Å². The van der Waals surface area contributed by atoms with E-state index in [0.29, 0.717) is 0 Å². The molecule has 0 spiro atoms. The molecule has 0 fully saturated rings. The van der Waals surface area contributed by atoms with E-state index in [2.05, 4.69) is 276 Å². The van der Waals surface area contributed by atoms with Crippen LogP contribution in [0.25, 0.3) is 122 Å². The number of rotatable bonds is 8. The van der Waals surface area contributed by atoms with Gasteiger partial charge in [0.25, 0.3) is 0 Å². The summed E-state index contributed by atoms with van der Waals surface area (Å²) >= 11 is 0. The van der Waals surface area contributed by atoms with E-state index in [-0.39, 0.29) is 0 Å². The molecule has 0 saturated carbocycles. The zero-order chi connectivity index (χ0) is 45.0. The van der Waals surface area contributed by atoms with Gasteiger partial charge in [-0.15, -0.1) is 0 Å². The average molecular weight is 865 g/mol. The summed E-state index contributed by atoms with van der Waals surface area (Å²) in [5, 5.41) is 4.96. The second-order valence-electron chi connectivity index (χ2n) is 17.7. The second kappa shape index (κ2) is 16.5. The largest absolute Gasteiger partial charge is 0.309 e. The standard InChI is InChI=1S/C66H44N2/c1-3-15-45(16-4-1)50-19-11-21-52(41-50)53-22-12-20-51(42-53)49-33-31-47(32-34-49)48-35-38-56(39-36-48)68-64-30-10-7-25-59(64)61-28-14-27-58(66(61)68)55-37-40-65-62(44-55)60-26-8-9-29-63(60)67(65)57-24-13-23-54(43-57)46-17-5-2-6-18-46/h1-44H. The molecule has 0 saturated heterocycles. The van der Waals surface area contributed by atoms with Crippen LogP contribution in [0.1, 0.15) is 0 Å². The van der Waals surface area contributed by atoms with Gasteiger partial charge in [0.1, 0.15) is 0 Å². The molecule has 11 aromatic carbocycles. The number of hydrogen-bond acceptors (Lipinski definition) is 0. The lowest BCUT2D eigenvalue weighted by molar-refractivity contribution is 1.18. The first-order valence-electron chi connectivity index (χ1n) is 23.4. The molecule has 2 heterocycles. The summed E-state index contributed by atoms with van der Waals surface area (Å²) in [5.74, 6) is 0. The molecule has 2 heteroatoms. The van der Waals surface area contributed by atoms with Crippen LogP contribution < -0.4 is 0 Å². The number of fused-ring (bicyclic) bond motifs is 6. The summed E-state index contributed by atoms with van der Waals surface area (Å²) in [4.78, 5) is 0. The normalized spacial score (nSPS) is 11.5. The molecule has 0 amide bonds. The molecular weight excluding hydrogens is 821 g/mol. The van der Waals surface area contributed by atoms with Crippen molar-refractivity contribution in [3.63, 3.8) is 0 Å². The van der Waals surface area contributed by atoms with E-state index in [1.54, 1.807) is 0 Å². The number of nitrogens with zero attached hydrogens (tertiary/aromatic N) is 2. The molecule has 0 aliphatic rings. The van der Waals surface area contributed by atoms with E-state index in [1.807, 2.05) is 0 Å². The van der Waals surface area contributed by atoms with E-state index >= 15 is 0 Å². The lowest BCUT2D eigenvalue weighted by Gasteiger charge is -2.13. The van der Waals surface area contributed by atoms with Crippen molar-refractivity contribution in [3.05, 3.63) is 267 Å². The maximum atomic E-state index is 2.46. The molecular formula is C66H44N2. The van der Waals surface area contributed by atoms with E-state index in [9.17, 15) is 0 Å². The molecule has 0 unspecified atom stereocenters. The summed E-state index contributed by atoms with van der Waals surface area (Å²) < 4.78 is 4.87. The van der Waals surface area contributed by atoms with E-state index in [1.165, 1.54) is 110 Å². The van der Waals surface area contributed by atoms with Gasteiger partial charge < -0.3 is 9.13 Å². The molecule has 318 valence electrons. The van der Waals surface area contributed by atoms with Crippen LogP contribution in [0.3, 0.4) is 0 Å². The first-order valence-corrected chi connectivity index (χ1v) is 23.4. The quantitative estimate of drug-likeness (QED) is 0.144. The third-order valence-electron chi connectivity index (χ3n) is 13.7. The molecule has 0 bridgehead atoms. The summed E-state index contributed by atoms with van der Waals surface area (Å²) in [5.41, 5.74) is 21.5. The Kier molecular flexibility index (Phi) is 9.54. The van der Waals surface area contributed by atoms with Crippen molar-refractivity contribution in [1.29, 1.82) is 0 Å². The fourth-order valence-electron chi connectivity index (χ4n) is 10.4. The first-order chi connectivity index (χ1) is 33.7. The van der Waals surface area contributed by atoms with E-state index < -0.39 is 0 Å². The molecule has 13 rings (SSSR count). The van der Waals surface area contributed by atoms with Gasteiger partial charge in [0.2, 0.25) is 0 Å². The van der Waals surface area contributed by atoms with Crippen LogP contribution in [0, 0.1) is 0 Å². The molecule has 2 nitrogen and oxygen atoms in total. The lowest BCUT2D eigenvalue weighted by atomic mass is 9.95. The average Bonchev–Trinajstić information content (AvgIpc) is 3.94. The number of aromatic nitrogens is 2. The molecule has 13 aromatic rings. The highest BCUT2D eigenvalue weighted by Crippen LogP contribution is 2.42. The Morgan fingerprint density at radius 2 is 0.588 bits per heavy atom. The van der Waals surface area contributed by atoms with Gasteiger partial charge in [0.05, 0.1) is 22.1 Å². The lowest BCUT2D eigenvalue weighted by Crippen LogP contribution is -1.96. The van der Waals surface area contributed by atoms with Crippen LogP contribution in [-0.2, 0) is 0 Å². The van der Waals surface area contributed by atoms with Gasteiger partial charge in [-0.05, 0) is 122 Å². The predicted molar refractivity (Wildman–Crippen MR) is 288 cm³/mol. The molecule has 0 radical (unpaired) electrons. The van der Waals surface area contributed by atoms with Crippen molar-refractivity contribution in [2.45, 2.75) is 0 Å². The molecule has 0 N–H and O–H groups in total. The van der Waals surface area contributed by atoms with Gasteiger partial charge >= 0.3 is 0 Å². The zero-order valence-electron chi connectivity index (χ0n) is 37.3. The highest BCUT2D eigenvalue weighted by Gasteiger charge is 2.19. The van der Waals surface area contributed by atoms with E-state index in [0.717, 1.165) is 11.4 Å². The highest BCUT2D eigenvalue weighted by atomic mass is 15.0. The van der Waals surface area contributed by atoms with Crippen molar-refractivity contribution >= 4 is 43.6 Å². The first kappa shape index (κ1) is 39.4. The van der Waals surface area contributed by atoms with Crippen molar-refractivity contribution in [2.75, 3.05) is 0 Å². The fraction of sp³-hybridized carbons (Fsp3) is 0. The Hall–Kier alpha value is -8.98. The number of benzene rings is 11. The Balaban J connectivity index is 0.854. The summed E-state index contributed by atoms with van der Waals surface area (Å²) in [6, 6.07) is 97.3. The minimum absolute atomic E-state index is 1.13. The molecule has 2 aromatic heterocycles. The van der Waals surface area contributed by atoms with Gasteiger partial charge in [-0.25, -0.2) is 0 Å². The van der Waals surface area contributed by atoms with Gasteiger partial charge in [-0.3, -0.25) is 0 Å². The maximum absolute atomic E-state index is 2.46. The van der Waals surface area contributed by atoms with Gasteiger partial charge in [-0.1, -0.05) is 206 Å². The number of para-hydroxylation sites is 3. The van der Waals surface area contributed by atoms with Crippen molar-refractivity contribution < 1.29 is 0 Å². The molecule has 0 aliphatic carbocycles. The Labute approximate surface area is 395 Å². The topological polar surface area (TPSA) is 9.86 Å². The minimum Gasteiger partial charge on any atom is -0.309 e. The smallest absolute Gasteiger partial charge is 0.0619 e. The Morgan fingerprint density at radius 3 is 1.21 bits per heavy atom. The minimum atomic E-state index is 1.13. The summed E-state index contributed by atoms with van der Waals surface area (Å²) in [7, 11) is 0. The van der Waals surface area contributed by atoms with Crippen molar-refractivity contribution in [1.82, 2.24) is 9.13 Å².